The van der Waals surface area contributed by atoms with Gasteiger partial charge < -0.3 is 15.2 Å². The van der Waals surface area contributed by atoms with Crippen molar-refractivity contribution in [1.29, 1.82) is 0 Å². The lowest BCUT2D eigenvalue weighted by Crippen LogP contribution is -2.49. The van der Waals surface area contributed by atoms with Crippen LogP contribution in [0.25, 0.3) is 0 Å². The van der Waals surface area contributed by atoms with E-state index >= 15 is 0 Å². The Morgan fingerprint density at radius 1 is 1.40 bits per heavy atom. The van der Waals surface area contributed by atoms with Crippen molar-refractivity contribution in [3.63, 3.8) is 0 Å². The second-order valence-electron chi connectivity index (χ2n) is 6.48. The summed E-state index contributed by atoms with van der Waals surface area (Å²) in [5.41, 5.74) is -0.898. The number of alkyl carbamates (subject to hydrolysis) is 1. The topological polar surface area (TPSA) is 78.9 Å². The zero-order valence-corrected chi connectivity index (χ0v) is 12.2. The molecule has 0 aromatic rings. The first-order valence-electron chi connectivity index (χ1n) is 6.90. The second-order valence-corrected chi connectivity index (χ2v) is 6.48. The lowest BCUT2D eigenvalue weighted by molar-refractivity contribution is 0.0485. The van der Waals surface area contributed by atoms with Crippen LogP contribution >= 0.6 is 0 Å². The van der Waals surface area contributed by atoms with E-state index in [2.05, 4.69) is 5.32 Å². The standard InChI is InChI=1S/C14H22N2O4/c1-13(2,3)20-11(17)15-10-5-4-6-14(7-8-14)16(9-10)12(18)19/h4,6,10H,5,7-9H2,1-3H3,(H,15,17)(H,18,19)/t10-/m0/s1. The molecule has 0 aromatic heterocycles. The number of carbonyl (C=O) groups excluding carboxylic acids is 1. The number of ether oxygens (including phenoxy) is 1. The average molecular weight is 282 g/mol. The van der Waals surface area contributed by atoms with Crippen LogP contribution in [0.15, 0.2) is 12.2 Å². The summed E-state index contributed by atoms with van der Waals surface area (Å²) >= 11 is 0. The fourth-order valence-electron chi connectivity index (χ4n) is 2.43. The molecule has 20 heavy (non-hydrogen) atoms. The van der Waals surface area contributed by atoms with Crippen molar-refractivity contribution in [3.8, 4) is 0 Å². The summed E-state index contributed by atoms with van der Waals surface area (Å²) in [6, 6.07) is -0.253. The smallest absolute Gasteiger partial charge is 0.408 e. The lowest BCUT2D eigenvalue weighted by atomic mass is 10.2. The molecule has 2 amide bonds. The van der Waals surface area contributed by atoms with Gasteiger partial charge >= 0.3 is 12.2 Å². The predicted molar refractivity (Wildman–Crippen MR) is 73.6 cm³/mol. The molecule has 1 aliphatic heterocycles. The van der Waals surface area contributed by atoms with Crippen LogP contribution in [0, 0.1) is 0 Å². The monoisotopic (exact) mass is 282 g/mol. The summed E-state index contributed by atoms with van der Waals surface area (Å²) in [5, 5.41) is 12.1. The van der Waals surface area contributed by atoms with Gasteiger partial charge in [-0.2, -0.15) is 0 Å². The third-order valence-corrected chi connectivity index (χ3v) is 3.50. The number of nitrogens with zero attached hydrogens (tertiary/aromatic N) is 1. The third kappa shape index (κ3) is 3.43. The Labute approximate surface area is 118 Å². The first-order chi connectivity index (χ1) is 9.22. The zero-order valence-electron chi connectivity index (χ0n) is 12.2. The molecule has 1 spiro atoms. The molecule has 6 nitrogen and oxygen atoms in total. The van der Waals surface area contributed by atoms with Crippen LogP contribution in [0.5, 0.6) is 0 Å². The van der Waals surface area contributed by atoms with Crippen LogP contribution in [0.1, 0.15) is 40.0 Å². The minimum Gasteiger partial charge on any atom is -0.465 e. The van der Waals surface area contributed by atoms with Crippen molar-refractivity contribution >= 4 is 12.2 Å². The molecule has 112 valence electrons. The highest BCUT2D eigenvalue weighted by atomic mass is 16.6. The molecule has 1 heterocycles. The summed E-state index contributed by atoms with van der Waals surface area (Å²) in [7, 11) is 0. The van der Waals surface area contributed by atoms with Crippen molar-refractivity contribution in [2.45, 2.75) is 57.2 Å². The average Bonchev–Trinajstić information content (AvgIpc) is 3.04. The maximum Gasteiger partial charge on any atom is 0.408 e. The zero-order chi connectivity index (χ0) is 15.0. The summed E-state index contributed by atoms with van der Waals surface area (Å²) in [6.07, 6.45) is 4.79. The molecule has 6 heteroatoms. The van der Waals surface area contributed by atoms with Gasteiger partial charge in [-0.1, -0.05) is 12.2 Å². The summed E-state index contributed by atoms with van der Waals surface area (Å²) in [6.45, 7) is 5.68. The fraction of sp³-hybridized carbons (Fsp3) is 0.714. The normalized spacial score (nSPS) is 24.1. The minimum absolute atomic E-state index is 0.253. The molecule has 2 N–H and O–H groups in total. The van der Waals surface area contributed by atoms with Gasteiger partial charge in [0.25, 0.3) is 0 Å². The maximum absolute atomic E-state index is 11.8. The van der Waals surface area contributed by atoms with E-state index in [-0.39, 0.29) is 11.6 Å². The predicted octanol–water partition coefficient (Wildman–Crippen LogP) is 2.35. The van der Waals surface area contributed by atoms with Gasteiger partial charge in [-0.15, -0.1) is 0 Å². The van der Waals surface area contributed by atoms with E-state index in [1.54, 1.807) is 20.8 Å². The first-order valence-corrected chi connectivity index (χ1v) is 6.90. The Morgan fingerprint density at radius 2 is 2.05 bits per heavy atom. The second kappa shape index (κ2) is 5.00. The number of carboxylic acid groups (broad SMARTS) is 1. The number of carbonyl (C=O) groups is 2. The Hall–Kier alpha value is -1.72. The van der Waals surface area contributed by atoms with Gasteiger partial charge in [-0.05, 0) is 40.0 Å². The minimum atomic E-state index is -0.940. The van der Waals surface area contributed by atoms with Gasteiger partial charge in [0, 0.05) is 6.54 Å². The lowest BCUT2D eigenvalue weighted by Gasteiger charge is -2.29. The molecular formula is C14H22N2O4. The Kier molecular flexibility index (Phi) is 3.67. The number of nitrogens with one attached hydrogen (secondary N) is 1. The third-order valence-electron chi connectivity index (χ3n) is 3.50. The Bertz CT molecular complexity index is 435. The molecule has 0 unspecified atom stereocenters. The van der Waals surface area contributed by atoms with Gasteiger partial charge in [-0.3, -0.25) is 4.90 Å². The van der Waals surface area contributed by atoms with Crippen LogP contribution in [-0.2, 0) is 4.74 Å². The van der Waals surface area contributed by atoms with Gasteiger partial charge in [0.1, 0.15) is 5.60 Å². The van der Waals surface area contributed by atoms with Gasteiger partial charge in [0.15, 0.2) is 0 Å². The van der Waals surface area contributed by atoms with Crippen molar-refractivity contribution in [2.75, 3.05) is 6.54 Å². The van der Waals surface area contributed by atoms with Crippen LogP contribution < -0.4 is 5.32 Å². The van der Waals surface area contributed by atoms with E-state index in [1.165, 1.54) is 4.90 Å². The molecule has 2 aliphatic rings. The van der Waals surface area contributed by atoms with Gasteiger partial charge in [-0.25, -0.2) is 9.59 Å². The largest absolute Gasteiger partial charge is 0.465 e. The number of hydrogen-bond acceptors (Lipinski definition) is 3. The Morgan fingerprint density at radius 3 is 2.55 bits per heavy atom. The molecule has 0 bridgehead atoms. The van der Waals surface area contributed by atoms with E-state index in [9.17, 15) is 14.7 Å². The number of amides is 2. The van der Waals surface area contributed by atoms with Crippen molar-refractivity contribution in [1.82, 2.24) is 10.2 Å². The molecule has 1 aliphatic carbocycles. The van der Waals surface area contributed by atoms with Crippen LogP contribution in [0.3, 0.4) is 0 Å². The van der Waals surface area contributed by atoms with E-state index in [0.29, 0.717) is 13.0 Å². The molecule has 2 rings (SSSR count). The highest BCUT2D eigenvalue weighted by molar-refractivity contribution is 5.70. The molecule has 0 aromatic carbocycles. The summed E-state index contributed by atoms with van der Waals surface area (Å²) < 4.78 is 5.20. The van der Waals surface area contributed by atoms with Crippen LogP contribution in [0.4, 0.5) is 9.59 Å². The molecule has 0 radical (unpaired) electrons. The molecular weight excluding hydrogens is 260 g/mol. The van der Waals surface area contributed by atoms with Gasteiger partial charge in [0.2, 0.25) is 0 Å². The summed E-state index contributed by atoms with van der Waals surface area (Å²) in [4.78, 5) is 24.6. The van der Waals surface area contributed by atoms with Crippen LogP contribution in [0.2, 0.25) is 0 Å². The van der Waals surface area contributed by atoms with Crippen molar-refractivity contribution < 1.29 is 19.4 Å². The molecule has 1 saturated carbocycles. The Balaban J connectivity index is 1.98. The highest BCUT2D eigenvalue weighted by Gasteiger charge is 2.49. The van der Waals surface area contributed by atoms with Crippen molar-refractivity contribution in [2.24, 2.45) is 0 Å². The number of hydrogen-bond donors (Lipinski definition) is 2. The van der Waals surface area contributed by atoms with Gasteiger partial charge in [0.05, 0.1) is 11.6 Å². The SMILES string of the molecule is CC(C)(C)OC(=O)N[C@H]1CC=CC2(CC2)N(C(=O)O)C1. The van der Waals surface area contributed by atoms with Crippen LogP contribution in [-0.4, -0.2) is 45.9 Å². The fourth-order valence-corrected chi connectivity index (χ4v) is 2.43. The molecule has 1 atom stereocenters. The summed E-state index contributed by atoms with van der Waals surface area (Å²) in [5.74, 6) is 0. The molecule has 0 saturated heterocycles. The van der Waals surface area contributed by atoms with Crippen molar-refractivity contribution in [3.05, 3.63) is 12.2 Å². The highest BCUT2D eigenvalue weighted by Crippen LogP contribution is 2.44. The quantitative estimate of drug-likeness (QED) is 0.724. The van der Waals surface area contributed by atoms with E-state index < -0.39 is 17.8 Å². The van der Waals surface area contributed by atoms with E-state index in [0.717, 1.165) is 12.8 Å². The van der Waals surface area contributed by atoms with E-state index in [4.69, 9.17) is 4.74 Å². The molecule has 1 fully saturated rings. The number of rotatable bonds is 1. The first kappa shape index (κ1) is 14.7. The van der Waals surface area contributed by atoms with E-state index in [1.807, 2.05) is 12.2 Å². The maximum atomic E-state index is 11.8.